The maximum Gasteiger partial charge on any atom is 0.293 e. The number of amides is 3. The minimum absolute atomic E-state index is 0.0346. The minimum Gasteiger partial charge on any atom is -0.354 e. The van der Waals surface area contributed by atoms with E-state index >= 15 is 0 Å². The van der Waals surface area contributed by atoms with E-state index in [1.54, 1.807) is 6.08 Å². The molecule has 1 aliphatic carbocycles. The number of allylic oxidation sites excluding steroid dienone is 2. The van der Waals surface area contributed by atoms with Gasteiger partial charge in [-0.05, 0) is 48.0 Å². The minimum atomic E-state index is -0.286. The summed E-state index contributed by atoms with van der Waals surface area (Å²) >= 11 is 2.47. The fraction of sp³-hybridized carbons (Fsp3) is 0.353. The summed E-state index contributed by atoms with van der Waals surface area (Å²) in [6.07, 6.45) is 8.43. The highest BCUT2D eigenvalue weighted by atomic mass is 32.2. The summed E-state index contributed by atoms with van der Waals surface area (Å²) in [5, 5.41) is 4.43. The molecule has 2 aliphatic rings. The fourth-order valence-electron chi connectivity index (χ4n) is 2.68. The molecule has 0 radical (unpaired) electrons. The quantitative estimate of drug-likeness (QED) is 0.623. The molecule has 24 heavy (non-hydrogen) atoms. The molecule has 0 spiro atoms. The SMILES string of the molecule is O=C(CC1C=CCC1)NCCN1C(=O)SC(=Cc2cccs2)C1=O. The fourth-order valence-corrected chi connectivity index (χ4v) is 4.27. The molecular weight excluding hydrogens is 344 g/mol. The van der Waals surface area contributed by atoms with Crippen LogP contribution in [0, 0.1) is 5.92 Å². The van der Waals surface area contributed by atoms with Crippen molar-refractivity contribution in [3.05, 3.63) is 39.4 Å². The van der Waals surface area contributed by atoms with Crippen LogP contribution in [0.3, 0.4) is 0 Å². The molecule has 126 valence electrons. The predicted octanol–water partition coefficient (Wildman–Crippen LogP) is 3.26. The third-order valence-electron chi connectivity index (χ3n) is 3.91. The zero-order valence-corrected chi connectivity index (χ0v) is 14.7. The van der Waals surface area contributed by atoms with E-state index in [1.165, 1.54) is 16.2 Å². The second-order valence-corrected chi connectivity index (χ2v) is 7.64. The molecule has 0 bridgehead atoms. The Morgan fingerprint density at radius 2 is 2.29 bits per heavy atom. The largest absolute Gasteiger partial charge is 0.354 e. The summed E-state index contributed by atoms with van der Waals surface area (Å²) in [7, 11) is 0. The Morgan fingerprint density at radius 3 is 3.00 bits per heavy atom. The molecule has 0 saturated carbocycles. The molecule has 1 atom stereocenters. The van der Waals surface area contributed by atoms with Crippen molar-refractivity contribution in [3.63, 3.8) is 0 Å². The lowest BCUT2D eigenvalue weighted by Crippen LogP contribution is -2.37. The van der Waals surface area contributed by atoms with Crippen molar-refractivity contribution in [2.24, 2.45) is 5.92 Å². The lowest BCUT2D eigenvalue weighted by atomic mass is 10.1. The highest BCUT2D eigenvalue weighted by Gasteiger charge is 2.34. The van der Waals surface area contributed by atoms with E-state index in [-0.39, 0.29) is 23.6 Å². The van der Waals surface area contributed by atoms with E-state index < -0.39 is 0 Å². The van der Waals surface area contributed by atoms with Gasteiger partial charge in [-0.3, -0.25) is 19.3 Å². The number of nitrogens with one attached hydrogen (secondary N) is 1. The van der Waals surface area contributed by atoms with Crippen LogP contribution in [0.2, 0.25) is 0 Å². The van der Waals surface area contributed by atoms with Gasteiger partial charge in [0.05, 0.1) is 4.91 Å². The maximum atomic E-state index is 12.3. The van der Waals surface area contributed by atoms with Crippen LogP contribution >= 0.6 is 23.1 Å². The molecule has 1 saturated heterocycles. The van der Waals surface area contributed by atoms with Crippen LogP contribution in [-0.2, 0) is 9.59 Å². The number of nitrogens with zero attached hydrogens (tertiary/aromatic N) is 1. The number of imide groups is 1. The number of thioether (sulfide) groups is 1. The van der Waals surface area contributed by atoms with E-state index in [1.807, 2.05) is 17.5 Å². The second-order valence-electron chi connectivity index (χ2n) is 5.67. The number of hydrogen-bond acceptors (Lipinski definition) is 5. The molecule has 1 aromatic rings. The van der Waals surface area contributed by atoms with Crippen LogP contribution in [0.1, 0.15) is 24.1 Å². The van der Waals surface area contributed by atoms with Gasteiger partial charge >= 0.3 is 0 Å². The number of carbonyl (C=O) groups excluding carboxylic acids is 3. The zero-order valence-electron chi connectivity index (χ0n) is 13.1. The first kappa shape index (κ1) is 17.0. The van der Waals surface area contributed by atoms with Crippen molar-refractivity contribution in [1.82, 2.24) is 10.2 Å². The van der Waals surface area contributed by atoms with Gasteiger partial charge in [0.2, 0.25) is 5.91 Å². The molecule has 1 aliphatic heterocycles. The third-order valence-corrected chi connectivity index (χ3v) is 5.63. The van der Waals surface area contributed by atoms with Gasteiger partial charge in [-0.1, -0.05) is 18.2 Å². The van der Waals surface area contributed by atoms with Crippen molar-refractivity contribution in [3.8, 4) is 0 Å². The van der Waals surface area contributed by atoms with Gasteiger partial charge in [0.25, 0.3) is 11.1 Å². The summed E-state index contributed by atoms with van der Waals surface area (Å²) in [5.74, 6) is -0.00466. The molecule has 0 aromatic carbocycles. The van der Waals surface area contributed by atoms with Gasteiger partial charge in [0.1, 0.15) is 0 Å². The molecular formula is C17H18N2O3S2. The van der Waals surface area contributed by atoms with Crippen LogP contribution < -0.4 is 5.32 Å². The Kier molecular flexibility index (Phi) is 5.52. The van der Waals surface area contributed by atoms with E-state index in [0.717, 1.165) is 29.5 Å². The number of thiophene rings is 1. The lowest BCUT2D eigenvalue weighted by Gasteiger charge is -2.13. The third kappa shape index (κ3) is 4.15. The second kappa shape index (κ2) is 7.81. The van der Waals surface area contributed by atoms with Gasteiger partial charge in [-0.25, -0.2) is 0 Å². The molecule has 3 amide bonds. The van der Waals surface area contributed by atoms with E-state index in [9.17, 15) is 14.4 Å². The molecule has 1 aromatic heterocycles. The smallest absolute Gasteiger partial charge is 0.293 e. The average molecular weight is 362 g/mol. The Labute approximate surface area is 148 Å². The molecule has 5 nitrogen and oxygen atoms in total. The number of hydrogen-bond donors (Lipinski definition) is 1. The Hall–Kier alpha value is -1.86. The average Bonchev–Trinajstić information content (AvgIpc) is 3.27. The Balaban J connectivity index is 1.48. The van der Waals surface area contributed by atoms with Gasteiger partial charge in [-0.15, -0.1) is 11.3 Å². The van der Waals surface area contributed by atoms with Crippen LogP contribution in [-0.4, -0.2) is 35.0 Å². The zero-order chi connectivity index (χ0) is 16.9. The summed E-state index contributed by atoms with van der Waals surface area (Å²) in [6, 6.07) is 3.80. The van der Waals surface area contributed by atoms with Gasteiger partial charge in [0.15, 0.2) is 0 Å². The van der Waals surface area contributed by atoms with Crippen molar-refractivity contribution in [2.75, 3.05) is 13.1 Å². The highest BCUT2D eigenvalue weighted by molar-refractivity contribution is 8.18. The van der Waals surface area contributed by atoms with Crippen molar-refractivity contribution >= 4 is 46.2 Å². The monoisotopic (exact) mass is 362 g/mol. The summed E-state index contributed by atoms with van der Waals surface area (Å²) in [6.45, 7) is 0.498. The van der Waals surface area contributed by atoms with Crippen LogP contribution in [0.4, 0.5) is 4.79 Å². The van der Waals surface area contributed by atoms with Crippen molar-refractivity contribution in [2.45, 2.75) is 19.3 Å². The summed E-state index contributed by atoms with van der Waals surface area (Å²) < 4.78 is 0. The van der Waals surface area contributed by atoms with Gasteiger partial charge < -0.3 is 5.32 Å². The Bertz CT molecular complexity index is 695. The molecule has 1 unspecified atom stereocenters. The highest BCUT2D eigenvalue weighted by Crippen LogP contribution is 2.32. The van der Waals surface area contributed by atoms with Crippen LogP contribution in [0.5, 0.6) is 0 Å². The van der Waals surface area contributed by atoms with Crippen LogP contribution in [0.15, 0.2) is 34.6 Å². The molecule has 3 rings (SSSR count). The number of carbonyl (C=O) groups is 3. The topological polar surface area (TPSA) is 66.5 Å². The first-order valence-electron chi connectivity index (χ1n) is 7.86. The van der Waals surface area contributed by atoms with E-state index in [2.05, 4.69) is 17.5 Å². The molecule has 1 N–H and O–H groups in total. The van der Waals surface area contributed by atoms with Gasteiger partial charge in [0, 0.05) is 24.4 Å². The summed E-state index contributed by atoms with van der Waals surface area (Å²) in [4.78, 5) is 38.7. The molecule has 7 heteroatoms. The molecule has 1 fully saturated rings. The van der Waals surface area contributed by atoms with Gasteiger partial charge in [-0.2, -0.15) is 0 Å². The first-order valence-corrected chi connectivity index (χ1v) is 9.55. The van der Waals surface area contributed by atoms with Crippen molar-refractivity contribution < 1.29 is 14.4 Å². The Morgan fingerprint density at radius 1 is 1.42 bits per heavy atom. The van der Waals surface area contributed by atoms with Crippen LogP contribution in [0.25, 0.3) is 6.08 Å². The standard InChI is InChI=1S/C17H18N2O3S2/c20-15(10-12-4-1-2-5-12)18-7-8-19-16(21)14(24-17(19)22)11-13-6-3-9-23-13/h1,3-4,6,9,11-12H,2,5,7-8,10H2,(H,18,20). The van der Waals surface area contributed by atoms with Crippen molar-refractivity contribution in [1.29, 1.82) is 0 Å². The van der Waals surface area contributed by atoms with E-state index in [4.69, 9.17) is 0 Å². The normalized spacial score (nSPS) is 21.9. The number of rotatable bonds is 6. The molecule has 2 heterocycles. The maximum absolute atomic E-state index is 12.3. The van der Waals surface area contributed by atoms with E-state index in [0.29, 0.717) is 23.8 Å². The summed E-state index contributed by atoms with van der Waals surface area (Å²) in [5.41, 5.74) is 0. The predicted molar refractivity (Wildman–Crippen MR) is 96.5 cm³/mol. The lowest BCUT2D eigenvalue weighted by molar-refractivity contribution is -0.124. The first-order chi connectivity index (χ1) is 11.6.